The topological polar surface area (TPSA) is 34.0 Å². The fourth-order valence-electron chi connectivity index (χ4n) is 1.92. The van der Waals surface area contributed by atoms with E-state index in [1.807, 2.05) is 13.0 Å². The number of rotatable bonds is 4. The largest absolute Gasteiger partial charge is 0.310 e. The summed E-state index contributed by atoms with van der Waals surface area (Å²) in [4.78, 5) is 11.1. The first-order chi connectivity index (χ1) is 8.90. The molecule has 6 heteroatoms. The molecule has 0 fully saturated rings. The highest BCUT2D eigenvalue weighted by atomic mass is 35.5. The number of nitrogens with zero attached hydrogens (tertiary/aromatic N) is 4. The maximum Gasteiger partial charge on any atom is 0.160 e. The number of aromatic nitrogens is 3. The third-order valence-corrected chi connectivity index (χ3v) is 3.67. The lowest BCUT2D eigenvalue weighted by molar-refractivity contribution is 0.283. The molecule has 0 saturated heterocycles. The van der Waals surface area contributed by atoms with Crippen molar-refractivity contribution < 1.29 is 0 Å². The predicted octanol–water partition coefficient (Wildman–Crippen LogP) is 3.33. The zero-order valence-corrected chi connectivity index (χ0v) is 13.1. The first-order valence-electron chi connectivity index (χ1n) is 6.22. The molecule has 2 heterocycles. The fourth-order valence-corrected chi connectivity index (χ4v) is 2.23. The smallest absolute Gasteiger partial charge is 0.160 e. The van der Waals surface area contributed by atoms with E-state index in [1.54, 1.807) is 6.20 Å². The van der Waals surface area contributed by atoms with E-state index in [2.05, 4.69) is 40.5 Å². The second-order valence-electron chi connectivity index (χ2n) is 5.01. The molecule has 19 heavy (non-hydrogen) atoms. The Morgan fingerprint density at radius 1 is 1.37 bits per heavy atom. The van der Waals surface area contributed by atoms with Gasteiger partial charge >= 0.3 is 0 Å². The number of likely N-dealkylation sites (N-methyl/N-ethyl adjacent to an activating group) is 1. The number of imidazole rings is 1. The van der Waals surface area contributed by atoms with Crippen LogP contribution in [0.4, 0.5) is 0 Å². The summed E-state index contributed by atoms with van der Waals surface area (Å²) in [5, 5.41) is 0.425. The van der Waals surface area contributed by atoms with Crippen molar-refractivity contribution in [2.75, 3.05) is 14.1 Å². The van der Waals surface area contributed by atoms with Crippen molar-refractivity contribution in [3.05, 3.63) is 23.1 Å². The fraction of sp³-hybridized carbons (Fsp3) is 0.538. The maximum atomic E-state index is 6.22. The van der Waals surface area contributed by atoms with Crippen molar-refractivity contribution in [2.45, 2.75) is 31.8 Å². The average Bonchev–Trinajstić information content (AvgIpc) is 2.67. The van der Waals surface area contributed by atoms with E-state index in [0.717, 1.165) is 23.5 Å². The Morgan fingerprint density at radius 3 is 2.63 bits per heavy atom. The van der Waals surface area contributed by atoms with Crippen molar-refractivity contribution in [3.8, 4) is 0 Å². The molecule has 4 nitrogen and oxygen atoms in total. The molecule has 104 valence electrons. The molecule has 2 unspecified atom stereocenters. The summed E-state index contributed by atoms with van der Waals surface area (Å²) in [7, 11) is 4.11. The van der Waals surface area contributed by atoms with E-state index in [1.165, 1.54) is 0 Å². The van der Waals surface area contributed by atoms with Crippen LogP contribution in [0.3, 0.4) is 0 Å². The van der Waals surface area contributed by atoms with Crippen LogP contribution >= 0.6 is 23.2 Å². The van der Waals surface area contributed by atoms with Gasteiger partial charge in [0.25, 0.3) is 0 Å². The van der Waals surface area contributed by atoms with Gasteiger partial charge in [-0.15, -0.1) is 11.6 Å². The lowest BCUT2D eigenvalue weighted by Crippen LogP contribution is -2.30. The van der Waals surface area contributed by atoms with Gasteiger partial charge < -0.3 is 9.47 Å². The first kappa shape index (κ1) is 14.6. The summed E-state index contributed by atoms with van der Waals surface area (Å²) in [5.41, 5.74) is 1.63. The molecule has 0 N–H and O–H groups in total. The summed E-state index contributed by atoms with van der Waals surface area (Å²) in [6.07, 6.45) is 1.64. The van der Waals surface area contributed by atoms with Gasteiger partial charge in [0.15, 0.2) is 5.65 Å². The molecule has 0 amide bonds. The highest BCUT2D eigenvalue weighted by molar-refractivity contribution is 6.31. The molecule has 0 saturated carbocycles. The van der Waals surface area contributed by atoms with Gasteiger partial charge in [0.05, 0.1) is 10.4 Å². The Balaban J connectivity index is 2.52. The standard InChI is InChI=1S/C13H18Cl2N4/c1-8(18(3)4)7-19-12(9(2)14)17-11-5-10(15)6-16-13(11)19/h5-6,8-9H,7H2,1-4H3. The van der Waals surface area contributed by atoms with Crippen LogP contribution in [-0.4, -0.2) is 39.6 Å². The molecule has 2 atom stereocenters. The van der Waals surface area contributed by atoms with Crippen molar-refractivity contribution in [3.63, 3.8) is 0 Å². The molecule has 2 rings (SSSR count). The molecule has 0 spiro atoms. The van der Waals surface area contributed by atoms with E-state index >= 15 is 0 Å². The van der Waals surface area contributed by atoms with E-state index in [4.69, 9.17) is 23.2 Å². The van der Waals surface area contributed by atoms with E-state index in [9.17, 15) is 0 Å². The van der Waals surface area contributed by atoms with E-state index < -0.39 is 0 Å². The highest BCUT2D eigenvalue weighted by Crippen LogP contribution is 2.25. The number of fused-ring (bicyclic) bond motifs is 1. The Hall–Kier alpha value is -0.840. The predicted molar refractivity (Wildman–Crippen MR) is 80.0 cm³/mol. The van der Waals surface area contributed by atoms with Crippen LogP contribution < -0.4 is 0 Å². The third-order valence-electron chi connectivity index (χ3n) is 3.27. The number of halogens is 2. The Kier molecular flexibility index (Phi) is 4.33. The summed E-state index contributed by atoms with van der Waals surface area (Å²) in [6, 6.07) is 2.19. The summed E-state index contributed by atoms with van der Waals surface area (Å²) >= 11 is 12.2. The van der Waals surface area contributed by atoms with Crippen molar-refractivity contribution in [2.24, 2.45) is 0 Å². The Labute approximate surface area is 123 Å². The van der Waals surface area contributed by atoms with Gasteiger partial charge in [0.2, 0.25) is 0 Å². The zero-order valence-electron chi connectivity index (χ0n) is 11.6. The molecule has 0 radical (unpaired) electrons. The van der Waals surface area contributed by atoms with Gasteiger partial charge in [0, 0.05) is 18.8 Å². The number of alkyl halides is 1. The molecule has 0 aliphatic rings. The normalized spacial score (nSPS) is 15.1. The molecule has 0 bridgehead atoms. The van der Waals surface area contributed by atoms with Crippen LogP contribution in [0.5, 0.6) is 0 Å². The van der Waals surface area contributed by atoms with Gasteiger partial charge in [-0.3, -0.25) is 0 Å². The average molecular weight is 301 g/mol. The SMILES string of the molecule is CC(Cl)c1nc2cc(Cl)cnc2n1CC(C)N(C)C. The van der Waals surface area contributed by atoms with Gasteiger partial charge in [-0.25, -0.2) is 9.97 Å². The number of hydrogen-bond donors (Lipinski definition) is 0. The Bertz CT molecular complexity index is 577. The summed E-state index contributed by atoms with van der Waals surface area (Å²) < 4.78 is 2.08. The molecular weight excluding hydrogens is 283 g/mol. The molecule has 2 aromatic heterocycles. The van der Waals surface area contributed by atoms with Crippen molar-refractivity contribution >= 4 is 34.4 Å². The van der Waals surface area contributed by atoms with E-state index in [0.29, 0.717) is 11.1 Å². The number of pyridine rings is 1. The summed E-state index contributed by atoms with van der Waals surface area (Å²) in [5.74, 6) is 0.833. The van der Waals surface area contributed by atoms with Crippen molar-refractivity contribution in [1.82, 2.24) is 19.4 Å². The van der Waals surface area contributed by atoms with Crippen LogP contribution in [0.25, 0.3) is 11.2 Å². The Morgan fingerprint density at radius 2 is 2.05 bits per heavy atom. The zero-order chi connectivity index (χ0) is 14.2. The van der Waals surface area contributed by atoms with Gasteiger partial charge in [-0.05, 0) is 34.0 Å². The molecule has 0 aliphatic heterocycles. The molecule has 0 aliphatic carbocycles. The minimum absolute atomic E-state index is 0.165. The maximum absolute atomic E-state index is 6.22. The molecule has 0 aromatic carbocycles. The lowest BCUT2D eigenvalue weighted by Gasteiger charge is -2.21. The van der Waals surface area contributed by atoms with Crippen LogP contribution in [0.1, 0.15) is 25.0 Å². The quantitative estimate of drug-likeness (QED) is 0.812. The first-order valence-corrected chi connectivity index (χ1v) is 7.03. The van der Waals surface area contributed by atoms with Gasteiger partial charge in [0.1, 0.15) is 11.3 Å². The van der Waals surface area contributed by atoms with Crippen LogP contribution in [-0.2, 0) is 6.54 Å². The monoisotopic (exact) mass is 300 g/mol. The summed E-state index contributed by atoms with van der Waals surface area (Å²) in [6.45, 7) is 4.87. The molecular formula is C13H18Cl2N4. The minimum atomic E-state index is -0.165. The van der Waals surface area contributed by atoms with Gasteiger partial charge in [-0.2, -0.15) is 0 Å². The molecule has 2 aromatic rings. The van der Waals surface area contributed by atoms with E-state index in [-0.39, 0.29) is 5.38 Å². The van der Waals surface area contributed by atoms with Crippen LogP contribution in [0.15, 0.2) is 12.3 Å². The van der Waals surface area contributed by atoms with Crippen LogP contribution in [0, 0.1) is 0 Å². The second-order valence-corrected chi connectivity index (χ2v) is 6.10. The number of hydrogen-bond acceptors (Lipinski definition) is 3. The highest BCUT2D eigenvalue weighted by Gasteiger charge is 2.18. The van der Waals surface area contributed by atoms with Crippen molar-refractivity contribution in [1.29, 1.82) is 0 Å². The minimum Gasteiger partial charge on any atom is -0.310 e. The van der Waals surface area contributed by atoms with Crippen LogP contribution in [0.2, 0.25) is 5.02 Å². The lowest BCUT2D eigenvalue weighted by atomic mass is 10.3. The van der Waals surface area contributed by atoms with Gasteiger partial charge in [-0.1, -0.05) is 11.6 Å². The third kappa shape index (κ3) is 3.02. The second kappa shape index (κ2) is 5.65.